The van der Waals surface area contributed by atoms with Gasteiger partial charge in [0.05, 0.1) is 17.1 Å². The summed E-state index contributed by atoms with van der Waals surface area (Å²) >= 11 is 5.85. The maximum atomic E-state index is 12.1. The minimum absolute atomic E-state index is 0.0304. The van der Waals surface area contributed by atoms with E-state index in [-0.39, 0.29) is 29.9 Å². The molecular weight excluding hydrogens is 338 g/mol. The Hall–Kier alpha value is -1.11. The third-order valence-corrected chi connectivity index (χ3v) is 6.65. The van der Waals surface area contributed by atoms with Crippen LogP contribution in [-0.2, 0) is 14.6 Å². The average molecular weight is 360 g/mol. The monoisotopic (exact) mass is 359 g/mol. The summed E-state index contributed by atoms with van der Waals surface area (Å²) in [4.78, 5) is 11.8. The lowest BCUT2D eigenvalue weighted by atomic mass is 10.1. The van der Waals surface area contributed by atoms with Gasteiger partial charge < -0.3 is 10.4 Å². The van der Waals surface area contributed by atoms with Crippen LogP contribution < -0.4 is 5.32 Å². The third-order valence-electron chi connectivity index (χ3n) is 4.15. The van der Waals surface area contributed by atoms with E-state index in [0.29, 0.717) is 23.4 Å². The molecular formula is C16H22ClNO4S. The van der Waals surface area contributed by atoms with E-state index < -0.39 is 15.9 Å². The number of aliphatic hydroxyl groups excluding tert-OH is 1. The van der Waals surface area contributed by atoms with Crippen LogP contribution >= 0.6 is 11.6 Å². The van der Waals surface area contributed by atoms with Gasteiger partial charge in [-0.2, -0.15) is 0 Å². The number of amides is 1. The summed E-state index contributed by atoms with van der Waals surface area (Å²) < 4.78 is 24.2. The van der Waals surface area contributed by atoms with Crippen LogP contribution in [0.25, 0.3) is 0 Å². The van der Waals surface area contributed by atoms with Crippen molar-refractivity contribution in [2.45, 2.75) is 43.5 Å². The standard InChI is InChI=1S/C16H22ClNO4S/c17-13-5-3-4-12(10-13)15(19)11-18-16(20)8-9-23(21,22)14-6-1-2-7-14/h3-5,10,14-15,19H,1-2,6-9,11H2,(H,18,20). The number of carbonyl (C=O) groups excluding carboxylic acids is 1. The Labute approximate surface area is 142 Å². The highest BCUT2D eigenvalue weighted by Crippen LogP contribution is 2.25. The highest BCUT2D eigenvalue weighted by Gasteiger charge is 2.28. The van der Waals surface area contributed by atoms with Crippen LogP contribution in [0.3, 0.4) is 0 Å². The fourth-order valence-corrected chi connectivity index (χ4v) is 4.83. The minimum Gasteiger partial charge on any atom is -0.387 e. The molecule has 1 aliphatic carbocycles. The van der Waals surface area contributed by atoms with Crippen LogP contribution in [0.1, 0.15) is 43.8 Å². The molecule has 1 fully saturated rings. The maximum Gasteiger partial charge on any atom is 0.221 e. The van der Waals surface area contributed by atoms with E-state index >= 15 is 0 Å². The van der Waals surface area contributed by atoms with Crippen molar-refractivity contribution in [1.82, 2.24) is 5.32 Å². The number of aliphatic hydroxyl groups is 1. The largest absolute Gasteiger partial charge is 0.387 e. The van der Waals surface area contributed by atoms with Gasteiger partial charge in [-0.05, 0) is 30.5 Å². The van der Waals surface area contributed by atoms with Crippen LogP contribution in [0, 0.1) is 0 Å². The molecule has 0 heterocycles. The zero-order valence-corrected chi connectivity index (χ0v) is 14.4. The lowest BCUT2D eigenvalue weighted by Gasteiger charge is -2.14. The maximum absolute atomic E-state index is 12.1. The zero-order valence-electron chi connectivity index (χ0n) is 12.9. The van der Waals surface area contributed by atoms with Crippen molar-refractivity contribution in [3.63, 3.8) is 0 Å². The van der Waals surface area contributed by atoms with Crippen molar-refractivity contribution in [3.8, 4) is 0 Å². The quantitative estimate of drug-likeness (QED) is 0.782. The fourth-order valence-electron chi connectivity index (χ4n) is 2.78. The first-order chi connectivity index (χ1) is 10.9. The molecule has 0 aromatic heterocycles. The van der Waals surface area contributed by atoms with Crippen molar-refractivity contribution < 1.29 is 18.3 Å². The van der Waals surface area contributed by atoms with Crippen LogP contribution in [0.15, 0.2) is 24.3 Å². The number of benzene rings is 1. The summed E-state index contributed by atoms with van der Waals surface area (Å²) in [6, 6.07) is 6.76. The molecule has 1 aliphatic rings. The normalized spacial score (nSPS) is 17.1. The Balaban J connectivity index is 1.76. The molecule has 128 valence electrons. The predicted molar refractivity (Wildman–Crippen MR) is 90.1 cm³/mol. The van der Waals surface area contributed by atoms with Gasteiger partial charge in [0.1, 0.15) is 0 Å². The molecule has 1 aromatic carbocycles. The van der Waals surface area contributed by atoms with Gasteiger partial charge >= 0.3 is 0 Å². The molecule has 0 spiro atoms. The predicted octanol–water partition coefficient (Wildman–Crippen LogP) is 2.24. The van der Waals surface area contributed by atoms with E-state index in [0.717, 1.165) is 12.8 Å². The van der Waals surface area contributed by atoms with E-state index in [2.05, 4.69) is 5.32 Å². The van der Waals surface area contributed by atoms with E-state index in [9.17, 15) is 18.3 Å². The van der Waals surface area contributed by atoms with Gasteiger partial charge in [-0.1, -0.05) is 36.6 Å². The molecule has 2 N–H and O–H groups in total. The van der Waals surface area contributed by atoms with Crippen LogP contribution in [0.5, 0.6) is 0 Å². The molecule has 1 amide bonds. The minimum atomic E-state index is -3.19. The lowest BCUT2D eigenvalue weighted by Crippen LogP contribution is -2.31. The van der Waals surface area contributed by atoms with Crippen molar-refractivity contribution in [2.75, 3.05) is 12.3 Å². The first-order valence-corrected chi connectivity index (χ1v) is 9.89. The van der Waals surface area contributed by atoms with Gasteiger partial charge in [0.2, 0.25) is 5.91 Å². The molecule has 7 heteroatoms. The van der Waals surface area contributed by atoms with E-state index in [4.69, 9.17) is 11.6 Å². The van der Waals surface area contributed by atoms with Gasteiger partial charge in [-0.3, -0.25) is 4.79 Å². The van der Waals surface area contributed by atoms with Gasteiger partial charge in [0.25, 0.3) is 0 Å². The number of sulfone groups is 1. The Morgan fingerprint density at radius 2 is 2.04 bits per heavy atom. The second kappa shape index (κ2) is 8.13. The smallest absolute Gasteiger partial charge is 0.221 e. The Morgan fingerprint density at radius 1 is 1.35 bits per heavy atom. The SMILES string of the molecule is O=C(CCS(=O)(=O)C1CCCC1)NCC(O)c1cccc(Cl)c1. The summed E-state index contributed by atoms with van der Waals surface area (Å²) in [6.07, 6.45) is 2.36. The molecule has 1 atom stereocenters. The molecule has 2 rings (SSSR count). The van der Waals surface area contributed by atoms with Crippen LogP contribution in [0.2, 0.25) is 5.02 Å². The van der Waals surface area contributed by atoms with Crippen LogP contribution in [0.4, 0.5) is 0 Å². The van der Waals surface area contributed by atoms with Crippen molar-refractivity contribution in [3.05, 3.63) is 34.9 Å². The Morgan fingerprint density at radius 3 is 2.70 bits per heavy atom. The fraction of sp³-hybridized carbons (Fsp3) is 0.562. The second-order valence-electron chi connectivity index (χ2n) is 5.90. The topological polar surface area (TPSA) is 83.5 Å². The number of rotatable bonds is 7. The summed E-state index contributed by atoms with van der Waals surface area (Å²) in [6.45, 7) is 0.0304. The van der Waals surface area contributed by atoms with Gasteiger partial charge in [-0.15, -0.1) is 0 Å². The first kappa shape index (κ1) is 18.2. The molecule has 1 saturated carbocycles. The number of nitrogens with one attached hydrogen (secondary N) is 1. The molecule has 0 aliphatic heterocycles. The molecule has 5 nitrogen and oxygen atoms in total. The van der Waals surface area contributed by atoms with Crippen molar-refractivity contribution >= 4 is 27.3 Å². The number of hydrogen-bond acceptors (Lipinski definition) is 4. The lowest BCUT2D eigenvalue weighted by molar-refractivity contribution is -0.121. The molecule has 1 aromatic rings. The average Bonchev–Trinajstić information content (AvgIpc) is 3.06. The summed E-state index contributed by atoms with van der Waals surface area (Å²) in [5.74, 6) is -0.496. The summed E-state index contributed by atoms with van der Waals surface area (Å²) in [5.41, 5.74) is 0.608. The Kier molecular flexibility index (Phi) is 6.44. The van der Waals surface area contributed by atoms with E-state index in [1.165, 1.54) is 0 Å². The Bertz CT molecular complexity index is 641. The van der Waals surface area contributed by atoms with Gasteiger partial charge in [0.15, 0.2) is 9.84 Å². The van der Waals surface area contributed by atoms with Gasteiger partial charge in [0, 0.05) is 18.0 Å². The highest BCUT2D eigenvalue weighted by molar-refractivity contribution is 7.92. The zero-order chi connectivity index (χ0) is 16.9. The molecule has 0 radical (unpaired) electrons. The highest BCUT2D eigenvalue weighted by atomic mass is 35.5. The third kappa shape index (κ3) is 5.48. The summed E-state index contributed by atoms with van der Waals surface area (Å²) in [5, 5.41) is 12.8. The first-order valence-electron chi connectivity index (χ1n) is 7.80. The molecule has 23 heavy (non-hydrogen) atoms. The number of hydrogen-bond donors (Lipinski definition) is 2. The summed E-state index contributed by atoms with van der Waals surface area (Å²) in [7, 11) is -3.19. The molecule has 0 saturated heterocycles. The van der Waals surface area contributed by atoms with Crippen molar-refractivity contribution in [2.24, 2.45) is 0 Å². The van der Waals surface area contributed by atoms with Gasteiger partial charge in [-0.25, -0.2) is 8.42 Å². The molecule has 0 bridgehead atoms. The number of halogens is 1. The van der Waals surface area contributed by atoms with Crippen LogP contribution in [-0.4, -0.2) is 37.0 Å². The van der Waals surface area contributed by atoms with Crippen molar-refractivity contribution in [1.29, 1.82) is 0 Å². The number of carbonyl (C=O) groups is 1. The second-order valence-corrected chi connectivity index (χ2v) is 8.74. The molecule has 1 unspecified atom stereocenters. The van der Waals surface area contributed by atoms with E-state index in [1.807, 2.05) is 0 Å². The van der Waals surface area contributed by atoms with E-state index in [1.54, 1.807) is 24.3 Å².